The molecule has 0 spiro atoms. The number of benzene rings is 1. The summed E-state index contributed by atoms with van der Waals surface area (Å²) in [6, 6.07) is 8.29. The minimum Gasteiger partial charge on any atom is -0.337 e. The average molecular weight is 240 g/mol. The number of aryl methyl sites for hydroxylation is 3. The van der Waals surface area contributed by atoms with E-state index in [0.717, 1.165) is 30.9 Å². The highest BCUT2D eigenvalue weighted by Gasteiger charge is 2.05. The molecule has 0 saturated carbocycles. The fraction of sp³-hybridized carbons (Fsp3) is 0.286. The van der Waals surface area contributed by atoms with Crippen molar-refractivity contribution in [3.8, 4) is 0 Å². The summed E-state index contributed by atoms with van der Waals surface area (Å²) in [5.74, 6) is 1.09. The Morgan fingerprint density at radius 3 is 2.89 bits per heavy atom. The van der Waals surface area contributed by atoms with E-state index in [1.807, 2.05) is 24.8 Å². The average Bonchev–Trinajstić information content (AvgIpc) is 2.98. The number of fused-ring (bicyclic) bond motifs is 1. The molecule has 0 aliphatic heterocycles. The number of para-hydroxylation sites is 2. The zero-order chi connectivity index (χ0) is 12.4. The minimum absolute atomic E-state index is 0.991. The highest BCUT2D eigenvalue weighted by Crippen LogP contribution is 2.15. The van der Waals surface area contributed by atoms with E-state index >= 15 is 0 Å². The molecule has 4 nitrogen and oxygen atoms in total. The van der Waals surface area contributed by atoms with Crippen LogP contribution in [0.25, 0.3) is 11.0 Å². The summed E-state index contributed by atoms with van der Waals surface area (Å²) in [6.45, 7) is 4.05. The normalized spacial score (nSPS) is 11.2. The van der Waals surface area contributed by atoms with Crippen LogP contribution in [-0.4, -0.2) is 19.1 Å². The second-order valence-electron chi connectivity index (χ2n) is 4.45. The second-order valence-corrected chi connectivity index (χ2v) is 4.45. The molecule has 0 N–H and O–H groups in total. The smallest absolute Gasteiger partial charge is 0.106 e. The Labute approximate surface area is 106 Å². The van der Waals surface area contributed by atoms with Gasteiger partial charge in [0, 0.05) is 25.5 Å². The predicted octanol–water partition coefficient (Wildman–Crippen LogP) is 2.63. The molecule has 92 valence electrons. The van der Waals surface area contributed by atoms with Gasteiger partial charge >= 0.3 is 0 Å². The third-order valence-corrected chi connectivity index (χ3v) is 3.20. The molecule has 0 unspecified atom stereocenters. The molecule has 0 saturated heterocycles. The van der Waals surface area contributed by atoms with Crippen LogP contribution in [0.5, 0.6) is 0 Å². The summed E-state index contributed by atoms with van der Waals surface area (Å²) < 4.78 is 4.39. The maximum Gasteiger partial charge on any atom is 0.106 e. The topological polar surface area (TPSA) is 35.6 Å². The molecule has 0 aliphatic rings. The first-order chi connectivity index (χ1) is 8.84. The summed E-state index contributed by atoms with van der Waals surface area (Å²) >= 11 is 0. The van der Waals surface area contributed by atoms with Gasteiger partial charge in [0.05, 0.1) is 17.4 Å². The van der Waals surface area contributed by atoms with Gasteiger partial charge in [-0.2, -0.15) is 0 Å². The summed E-state index contributed by atoms with van der Waals surface area (Å²) in [5.41, 5.74) is 2.30. The van der Waals surface area contributed by atoms with Crippen LogP contribution in [0, 0.1) is 6.92 Å². The molecule has 2 heterocycles. The molecular formula is C14H16N4. The van der Waals surface area contributed by atoms with Crippen molar-refractivity contribution >= 4 is 11.0 Å². The van der Waals surface area contributed by atoms with E-state index in [0.29, 0.717) is 0 Å². The van der Waals surface area contributed by atoms with Gasteiger partial charge < -0.3 is 9.13 Å². The molecule has 0 amide bonds. The second kappa shape index (κ2) is 4.64. The van der Waals surface area contributed by atoms with E-state index < -0.39 is 0 Å². The third kappa shape index (κ3) is 2.01. The molecule has 2 aromatic heterocycles. The lowest BCUT2D eigenvalue weighted by Crippen LogP contribution is -2.04. The van der Waals surface area contributed by atoms with Gasteiger partial charge in [0.15, 0.2) is 0 Å². The van der Waals surface area contributed by atoms with Crippen LogP contribution in [-0.2, 0) is 13.1 Å². The third-order valence-electron chi connectivity index (χ3n) is 3.20. The SMILES string of the molecule is Cc1nc2ccccc2n1CCCn1ccnc1. The van der Waals surface area contributed by atoms with E-state index in [9.17, 15) is 0 Å². The van der Waals surface area contributed by atoms with Crippen molar-refractivity contribution in [2.24, 2.45) is 0 Å². The molecule has 0 bridgehead atoms. The van der Waals surface area contributed by atoms with Crippen LogP contribution >= 0.6 is 0 Å². The number of hydrogen-bond acceptors (Lipinski definition) is 2. The van der Waals surface area contributed by atoms with Gasteiger partial charge in [-0.15, -0.1) is 0 Å². The zero-order valence-corrected chi connectivity index (χ0v) is 10.5. The van der Waals surface area contributed by atoms with Gasteiger partial charge in [0.1, 0.15) is 5.82 Å². The molecule has 0 aliphatic carbocycles. The Morgan fingerprint density at radius 2 is 2.06 bits per heavy atom. The minimum atomic E-state index is 0.991. The maximum absolute atomic E-state index is 4.57. The van der Waals surface area contributed by atoms with E-state index in [1.54, 1.807) is 0 Å². The first kappa shape index (κ1) is 11.0. The molecule has 1 aromatic carbocycles. The predicted molar refractivity (Wildman–Crippen MR) is 71.3 cm³/mol. The Kier molecular flexibility index (Phi) is 2.84. The first-order valence-corrected chi connectivity index (χ1v) is 6.22. The number of imidazole rings is 2. The van der Waals surface area contributed by atoms with Crippen LogP contribution in [0.4, 0.5) is 0 Å². The van der Waals surface area contributed by atoms with Crippen molar-refractivity contribution in [1.82, 2.24) is 19.1 Å². The molecule has 3 rings (SSSR count). The number of hydrogen-bond donors (Lipinski definition) is 0. The van der Waals surface area contributed by atoms with Crippen molar-refractivity contribution in [2.75, 3.05) is 0 Å². The summed E-state index contributed by atoms with van der Waals surface area (Å²) in [6.07, 6.45) is 6.76. The Bertz CT molecular complexity index is 637. The standard InChI is InChI=1S/C14H16N4/c1-12-16-13-5-2-3-6-14(13)18(12)9-4-8-17-10-7-15-11-17/h2-3,5-7,10-11H,4,8-9H2,1H3. The van der Waals surface area contributed by atoms with Gasteiger partial charge in [0.2, 0.25) is 0 Å². The van der Waals surface area contributed by atoms with Gasteiger partial charge in [-0.05, 0) is 25.5 Å². The van der Waals surface area contributed by atoms with Crippen LogP contribution in [0.3, 0.4) is 0 Å². The maximum atomic E-state index is 4.57. The van der Waals surface area contributed by atoms with Crippen LogP contribution in [0.1, 0.15) is 12.2 Å². The van der Waals surface area contributed by atoms with Crippen LogP contribution in [0.15, 0.2) is 43.0 Å². The monoisotopic (exact) mass is 240 g/mol. The van der Waals surface area contributed by atoms with Crippen molar-refractivity contribution in [1.29, 1.82) is 0 Å². The first-order valence-electron chi connectivity index (χ1n) is 6.22. The lowest BCUT2D eigenvalue weighted by Gasteiger charge is -2.07. The molecule has 0 fully saturated rings. The highest BCUT2D eigenvalue weighted by atomic mass is 15.1. The molecule has 4 heteroatoms. The lowest BCUT2D eigenvalue weighted by atomic mass is 10.3. The van der Waals surface area contributed by atoms with Crippen molar-refractivity contribution in [3.63, 3.8) is 0 Å². The molecule has 18 heavy (non-hydrogen) atoms. The van der Waals surface area contributed by atoms with Gasteiger partial charge in [-0.3, -0.25) is 0 Å². The number of nitrogens with zero attached hydrogens (tertiary/aromatic N) is 4. The highest BCUT2D eigenvalue weighted by molar-refractivity contribution is 5.75. The molecule has 0 radical (unpaired) electrons. The van der Waals surface area contributed by atoms with E-state index in [4.69, 9.17) is 0 Å². The molecule has 3 aromatic rings. The van der Waals surface area contributed by atoms with Crippen LogP contribution in [0.2, 0.25) is 0 Å². The Morgan fingerprint density at radius 1 is 1.17 bits per heavy atom. The fourth-order valence-electron chi connectivity index (χ4n) is 2.31. The Hall–Kier alpha value is -2.10. The number of aromatic nitrogens is 4. The van der Waals surface area contributed by atoms with Gasteiger partial charge in [-0.25, -0.2) is 9.97 Å². The van der Waals surface area contributed by atoms with Crippen molar-refractivity contribution in [2.45, 2.75) is 26.4 Å². The van der Waals surface area contributed by atoms with Gasteiger partial charge in [0.25, 0.3) is 0 Å². The quantitative estimate of drug-likeness (QED) is 0.702. The summed E-state index contributed by atoms with van der Waals surface area (Å²) in [4.78, 5) is 8.62. The molecular weight excluding hydrogens is 224 g/mol. The van der Waals surface area contributed by atoms with E-state index in [2.05, 4.69) is 44.2 Å². The fourth-order valence-corrected chi connectivity index (χ4v) is 2.31. The largest absolute Gasteiger partial charge is 0.337 e. The van der Waals surface area contributed by atoms with E-state index in [1.165, 1.54) is 5.52 Å². The zero-order valence-electron chi connectivity index (χ0n) is 10.5. The summed E-state index contributed by atoms with van der Waals surface area (Å²) in [7, 11) is 0. The number of rotatable bonds is 4. The molecule has 0 atom stereocenters. The van der Waals surface area contributed by atoms with Crippen LogP contribution < -0.4 is 0 Å². The lowest BCUT2D eigenvalue weighted by molar-refractivity contribution is 0.563. The summed E-state index contributed by atoms with van der Waals surface area (Å²) in [5, 5.41) is 0. The van der Waals surface area contributed by atoms with Crippen molar-refractivity contribution in [3.05, 3.63) is 48.8 Å². The van der Waals surface area contributed by atoms with Gasteiger partial charge in [-0.1, -0.05) is 12.1 Å². The van der Waals surface area contributed by atoms with E-state index in [-0.39, 0.29) is 0 Å². The van der Waals surface area contributed by atoms with Crippen molar-refractivity contribution < 1.29 is 0 Å². The Balaban J connectivity index is 1.76.